The summed E-state index contributed by atoms with van der Waals surface area (Å²) >= 11 is 0. The highest BCUT2D eigenvalue weighted by Gasteiger charge is 2.13. The first-order valence-corrected chi connectivity index (χ1v) is 5.94. The van der Waals surface area contributed by atoms with Crippen molar-refractivity contribution in [2.45, 2.75) is 39.7 Å². The third kappa shape index (κ3) is 3.66. The van der Waals surface area contributed by atoms with E-state index in [1.165, 1.54) is 0 Å². The molecule has 0 radical (unpaired) electrons. The SMILES string of the molecule is CCC(CO)NC(=O)Cc1c(C)nc(=O)[nH]c1C. The Balaban J connectivity index is 2.79. The molecule has 1 aromatic rings. The van der Waals surface area contributed by atoms with Gasteiger partial charge in [0.15, 0.2) is 0 Å². The third-order valence-corrected chi connectivity index (χ3v) is 2.87. The van der Waals surface area contributed by atoms with Gasteiger partial charge in [-0.15, -0.1) is 0 Å². The lowest BCUT2D eigenvalue weighted by atomic mass is 10.1. The van der Waals surface area contributed by atoms with Crippen molar-refractivity contribution in [3.05, 3.63) is 27.4 Å². The number of hydrogen-bond acceptors (Lipinski definition) is 4. The Labute approximate surface area is 105 Å². The van der Waals surface area contributed by atoms with Crippen molar-refractivity contribution in [3.8, 4) is 0 Å². The van der Waals surface area contributed by atoms with E-state index in [1.807, 2.05) is 6.92 Å². The van der Waals surface area contributed by atoms with Gasteiger partial charge in [0.25, 0.3) is 0 Å². The van der Waals surface area contributed by atoms with E-state index >= 15 is 0 Å². The first-order chi connectivity index (χ1) is 8.47. The highest BCUT2D eigenvalue weighted by atomic mass is 16.3. The number of H-pyrrole nitrogens is 1. The number of carbonyl (C=O) groups is 1. The van der Waals surface area contributed by atoms with Crippen molar-refractivity contribution >= 4 is 5.91 Å². The van der Waals surface area contributed by atoms with Gasteiger partial charge in [-0.2, -0.15) is 4.98 Å². The summed E-state index contributed by atoms with van der Waals surface area (Å²) in [5.74, 6) is -0.184. The molecule has 1 amide bonds. The highest BCUT2D eigenvalue weighted by molar-refractivity contribution is 5.79. The monoisotopic (exact) mass is 253 g/mol. The first kappa shape index (κ1) is 14.4. The molecular weight excluding hydrogens is 234 g/mol. The predicted molar refractivity (Wildman–Crippen MR) is 67.3 cm³/mol. The van der Waals surface area contributed by atoms with Crippen LogP contribution in [-0.4, -0.2) is 33.6 Å². The van der Waals surface area contributed by atoms with Gasteiger partial charge < -0.3 is 15.4 Å². The van der Waals surface area contributed by atoms with Crippen LogP contribution in [0.2, 0.25) is 0 Å². The van der Waals surface area contributed by atoms with Gasteiger partial charge in [0, 0.05) is 17.0 Å². The zero-order valence-electron chi connectivity index (χ0n) is 10.9. The number of hydrogen-bond donors (Lipinski definition) is 3. The number of aryl methyl sites for hydroxylation is 2. The third-order valence-electron chi connectivity index (χ3n) is 2.87. The maximum absolute atomic E-state index is 11.8. The van der Waals surface area contributed by atoms with Crippen molar-refractivity contribution in [1.29, 1.82) is 0 Å². The van der Waals surface area contributed by atoms with Gasteiger partial charge in [0.05, 0.1) is 19.1 Å². The highest BCUT2D eigenvalue weighted by Crippen LogP contribution is 2.07. The zero-order chi connectivity index (χ0) is 13.7. The molecule has 3 N–H and O–H groups in total. The molecule has 1 unspecified atom stereocenters. The summed E-state index contributed by atoms with van der Waals surface area (Å²) in [7, 11) is 0. The van der Waals surface area contributed by atoms with Crippen LogP contribution in [0.3, 0.4) is 0 Å². The summed E-state index contributed by atoms with van der Waals surface area (Å²) in [6, 6.07) is -0.228. The van der Waals surface area contributed by atoms with Crippen LogP contribution in [0.25, 0.3) is 0 Å². The lowest BCUT2D eigenvalue weighted by Crippen LogP contribution is -2.38. The number of aliphatic hydroxyl groups is 1. The van der Waals surface area contributed by atoms with Crippen molar-refractivity contribution < 1.29 is 9.90 Å². The Bertz CT molecular complexity index is 452. The van der Waals surface area contributed by atoms with E-state index in [9.17, 15) is 9.59 Å². The summed E-state index contributed by atoms with van der Waals surface area (Å²) < 4.78 is 0. The van der Waals surface area contributed by atoms with Crippen LogP contribution in [0, 0.1) is 13.8 Å². The lowest BCUT2D eigenvalue weighted by Gasteiger charge is -2.15. The number of nitrogens with zero attached hydrogens (tertiary/aromatic N) is 1. The van der Waals surface area contributed by atoms with Gasteiger partial charge in [0.1, 0.15) is 0 Å². The molecule has 1 aromatic heterocycles. The fraction of sp³-hybridized carbons (Fsp3) is 0.583. The first-order valence-electron chi connectivity index (χ1n) is 5.94. The van der Waals surface area contributed by atoms with Crippen LogP contribution in [0.1, 0.15) is 30.3 Å². The van der Waals surface area contributed by atoms with Crippen LogP contribution < -0.4 is 11.0 Å². The average molecular weight is 253 g/mol. The standard InChI is InChI=1S/C12H19N3O3/c1-4-9(6-16)15-11(17)5-10-7(2)13-12(18)14-8(10)3/h9,16H,4-6H2,1-3H3,(H,15,17)(H,13,14,18). The van der Waals surface area contributed by atoms with Gasteiger partial charge in [-0.1, -0.05) is 6.92 Å². The number of aliphatic hydroxyl groups excluding tert-OH is 1. The molecule has 0 aliphatic rings. The molecule has 0 spiro atoms. The second-order valence-corrected chi connectivity index (χ2v) is 4.26. The molecule has 1 heterocycles. The minimum Gasteiger partial charge on any atom is -0.394 e. The van der Waals surface area contributed by atoms with Crippen molar-refractivity contribution in [1.82, 2.24) is 15.3 Å². The van der Waals surface area contributed by atoms with Crippen LogP contribution >= 0.6 is 0 Å². The number of aromatic amines is 1. The minimum absolute atomic E-state index is 0.0793. The molecule has 0 aliphatic carbocycles. The van der Waals surface area contributed by atoms with E-state index in [4.69, 9.17) is 5.11 Å². The van der Waals surface area contributed by atoms with E-state index < -0.39 is 5.69 Å². The van der Waals surface area contributed by atoms with Gasteiger partial charge >= 0.3 is 5.69 Å². The number of nitrogens with one attached hydrogen (secondary N) is 2. The lowest BCUT2D eigenvalue weighted by molar-refractivity contribution is -0.121. The Morgan fingerprint density at radius 3 is 2.67 bits per heavy atom. The fourth-order valence-electron chi connectivity index (χ4n) is 1.73. The molecule has 0 fully saturated rings. The van der Waals surface area contributed by atoms with E-state index in [-0.39, 0.29) is 25.0 Å². The second kappa shape index (κ2) is 6.30. The van der Waals surface area contributed by atoms with Gasteiger partial charge in [-0.25, -0.2) is 4.79 Å². The second-order valence-electron chi connectivity index (χ2n) is 4.26. The van der Waals surface area contributed by atoms with Gasteiger partial charge in [-0.3, -0.25) is 4.79 Å². The summed E-state index contributed by atoms with van der Waals surface area (Å²) in [4.78, 5) is 29.2. The zero-order valence-corrected chi connectivity index (χ0v) is 10.9. The molecule has 0 saturated heterocycles. The number of carbonyl (C=O) groups excluding carboxylic acids is 1. The Hall–Kier alpha value is -1.69. The summed E-state index contributed by atoms with van der Waals surface area (Å²) in [6.07, 6.45) is 0.821. The average Bonchev–Trinajstić information content (AvgIpc) is 2.30. The van der Waals surface area contributed by atoms with Crippen LogP contribution in [0.4, 0.5) is 0 Å². The Morgan fingerprint density at radius 2 is 2.17 bits per heavy atom. The smallest absolute Gasteiger partial charge is 0.345 e. The van der Waals surface area contributed by atoms with E-state index in [2.05, 4.69) is 15.3 Å². The van der Waals surface area contributed by atoms with E-state index in [1.54, 1.807) is 13.8 Å². The molecule has 1 atom stereocenters. The predicted octanol–water partition coefficient (Wildman–Crippen LogP) is -0.184. The molecule has 0 saturated carbocycles. The number of aromatic nitrogens is 2. The molecular formula is C12H19N3O3. The maximum Gasteiger partial charge on any atom is 0.345 e. The Morgan fingerprint density at radius 1 is 1.50 bits per heavy atom. The van der Waals surface area contributed by atoms with E-state index in [0.29, 0.717) is 17.8 Å². The molecule has 0 aromatic carbocycles. The summed E-state index contributed by atoms with van der Waals surface area (Å²) in [5, 5.41) is 11.7. The maximum atomic E-state index is 11.8. The number of amides is 1. The molecule has 6 nitrogen and oxygen atoms in total. The van der Waals surface area contributed by atoms with Gasteiger partial charge in [0.2, 0.25) is 5.91 Å². The molecule has 18 heavy (non-hydrogen) atoms. The van der Waals surface area contributed by atoms with Crippen LogP contribution in [-0.2, 0) is 11.2 Å². The topological polar surface area (TPSA) is 95.1 Å². The fourth-order valence-corrected chi connectivity index (χ4v) is 1.73. The van der Waals surface area contributed by atoms with Crippen molar-refractivity contribution in [3.63, 3.8) is 0 Å². The number of rotatable bonds is 5. The summed E-state index contributed by atoms with van der Waals surface area (Å²) in [5.41, 5.74) is 1.53. The van der Waals surface area contributed by atoms with Gasteiger partial charge in [-0.05, 0) is 20.3 Å². The molecule has 1 rings (SSSR count). The largest absolute Gasteiger partial charge is 0.394 e. The molecule has 0 aliphatic heterocycles. The van der Waals surface area contributed by atoms with Crippen LogP contribution in [0.5, 0.6) is 0 Å². The summed E-state index contributed by atoms with van der Waals surface area (Å²) in [6.45, 7) is 5.25. The minimum atomic E-state index is -0.407. The van der Waals surface area contributed by atoms with E-state index in [0.717, 1.165) is 5.56 Å². The van der Waals surface area contributed by atoms with Crippen molar-refractivity contribution in [2.75, 3.05) is 6.61 Å². The quantitative estimate of drug-likeness (QED) is 0.678. The molecule has 6 heteroatoms. The molecule has 0 bridgehead atoms. The Kier molecular flexibility index (Phi) is 5.03. The molecule has 100 valence electrons. The van der Waals surface area contributed by atoms with Crippen LogP contribution in [0.15, 0.2) is 4.79 Å². The normalized spacial score (nSPS) is 12.2. The van der Waals surface area contributed by atoms with Crippen molar-refractivity contribution in [2.24, 2.45) is 0 Å².